The van der Waals surface area contributed by atoms with Gasteiger partial charge in [0.2, 0.25) is 0 Å². The fourth-order valence-electron chi connectivity index (χ4n) is 2.31. The Balaban J connectivity index is 2.41. The SMILES string of the molecule is Nc1ccn(C2C(O)C(O)C(CO)C2O)c(=O)n1. The van der Waals surface area contributed by atoms with E-state index in [4.69, 9.17) is 10.8 Å². The Morgan fingerprint density at radius 1 is 1.28 bits per heavy atom. The van der Waals surface area contributed by atoms with Gasteiger partial charge in [-0.3, -0.25) is 4.57 Å². The molecule has 2 rings (SSSR count). The predicted octanol–water partition coefficient (Wildman–Crippen LogP) is -2.93. The normalized spacial score (nSPS) is 35.9. The zero-order chi connectivity index (χ0) is 13.4. The topological polar surface area (TPSA) is 142 Å². The second kappa shape index (κ2) is 4.65. The van der Waals surface area contributed by atoms with E-state index in [2.05, 4.69) is 4.98 Å². The van der Waals surface area contributed by atoms with Gasteiger partial charge < -0.3 is 26.2 Å². The molecule has 1 aliphatic carbocycles. The fourth-order valence-corrected chi connectivity index (χ4v) is 2.31. The van der Waals surface area contributed by atoms with Crippen molar-refractivity contribution in [3.8, 4) is 0 Å². The van der Waals surface area contributed by atoms with Gasteiger partial charge in [-0.25, -0.2) is 4.79 Å². The molecule has 18 heavy (non-hydrogen) atoms. The van der Waals surface area contributed by atoms with Crippen molar-refractivity contribution in [2.24, 2.45) is 5.92 Å². The van der Waals surface area contributed by atoms with E-state index < -0.39 is 42.6 Å². The zero-order valence-electron chi connectivity index (χ0n) is 9.42. The first-order valence-corrected chi connectivity index (χ1v) is 5.47. The first-order chi connectivity index (χ1) is 8.47. The van der Waals surface area contributed by atoms with Crippen molar-refractivity contribution < 1.29 is 20.4 Å². The number of aliphatic hydroxyl groups is 4. The van der Waals surface area contributed by atoms with Gasteiger partial charge in [-0.2, -0.15) is 4.98 Å². The molecule has 1 aromatic heterocycles. The summed E-state index contributed by atoms with van der Waals surface area (Å²) in [5, 5.41) is 38.5. The lowest BCUT2D eigenvalue weighted by atomic mass is 10.0. The lowest BCUT2D eigenvalue weighted by Gasteiger charge is -2.21. The van der Waals surface area contributed by atoms with Gasteiger partial charge in [0.05, 0.1) is 24.9 Å². The standard InChI is InChI=1S/C10H15N3O5/c11-5-1-2-13(10(18)12-5)6-7(15)4(3-14)8(16)9(6)17/h1-2,4,6-9,14-17H,3H2,(H2,11,12,18). The van der Waals surface area contributed by atoms with Gasteiger partial charge in [-0.1, -0.05) is 0 Å². The molecule has 1 saturated carbocycles. The Hall–Kier alpha value is -1.48. The van der Waals surface area contributed by atoms with Crippen LogP contribution in [0.25, 0.3) is 0 Å². The van der Waals surface area contributed by atoms with Crippen LogP contribution in [-0.2, 0) is 0 Å². The number of nitrogens with two attached hydrogens (primary N) is 1. The molecule has 1 aliphatic rings. The summed E-state index contributed by atoms with van der Waals surface area (Å²) in [4.78, 5) is 15.1. The minimum Gasteiger partial charge on any atom is -0.396 e. The molecule has 5 atom stereocenters. The molecule has 100 valence electrons. The van der Waals surface area contributed by atoms with Crippen LogP contribution in [0, 0.1) is 5.92 Å². The van der Waals surface area contributed by atoms with Crippen molar-refractivity contribution in [1.82, 2.24) is 9.55 Å². The molecular weight excluding hydrogens is 242 g/mol. The number of hydrogen-bond donors (Lipinski definition) is 5. The fraction of sp³-hybridized carbons (Fsp3) is 0.600. The summed E-state index contributed by atoms with van der Waals surface area (Å²) in [6.45, 7) is -0.493. The number of aromatic nitrogens is 2. The van der Waals surface area contributed by atoms with Gasteiger partial charge in [0.25, 0.3) is 0 Å². The first kappa shape index (κ1) is 13.0. The van der Waals surface area contributed by atoms with Crippen LogP contribution in [0.1, 0.15) is 6.04 Å². The maximum atomic E-state index is 11.6. The molecule has 6 N–H and O–H groups in total. The molecule has 0 aromatic carbocycles. The summed E-state index contributed by atoms with van der Waals surface area (Å²) in [5.74, 6) is -0.882. The Bertz CT molecular complexity index is 491. The van der Waals surface area contributed by atoms with E-state index in [1.54, 1.807) is 0 Å². The highest BCUT2D eigenvalue weighted by Gasteiger charge is 2.49. The molecule has 1 heterocycles. The third kappa shape index (κ3) is 1.89. The van der Waals surface area contributed by atoms with Crippen LogP contribution in [0.3, 0.4) is 0 Å². The molecule has 0 amide bonds. The lowest BCUT2D eigenvalue weighted by Crippen LogP contribution is -2.37. The molecule has 0 spiro atoms. The minimum absolute atomic E-state index is 0.0254. The van der Waals surface area contributed by atoms with Gasteiger partial charge >= 0.3 is 5.69 Å². The van der Waals surface area contributed by atoms with Gasteiger partial charge in [-0.05, 0) is 6.07 Å². The van der Waals surface area contributed by atoms with Crippen LogP contribution in [0.5, 0.6) is 0 Å². The molecular formula is C10H15N3O5. The molecule has 5 unspecified atom stereocenters. The number of hydrogen-bond acceptors (Lipinski definition) is 7. The van der Waals surface area contributed by atoms with E-state index in [0.717, 1.165) is 4.57 Å². The second-order valence-electron chi connectivity index (χ2n) is 4.35. The van der Waals surface area contributed by atoms with Crippen LogP contribution in [0.4, 0.5) is 5.82 Å². The van der Waals surface area contributed by atoms with Crippen LogP contribution < -0.4 is 11.4 Å². The van der Waals surface area contributed by atoms with Gasteiger partial charge in [0.1, 0.15) is 11.9 Å². The maximum Gasteiger partial charge on any atom is 0.349 e. The Kier molecular flexibility index (Phi) is 3.35. The number of nitrogens with zero attached hydrogens (tertiary/aromatic N) is 2. The van der Waals surface area contributed by atoms with Crippen LogP contribution in [-0.4, -0.2) is 54.9 Å². The van der Waals surface area contributed by atoms with Crippen molar-refractivity contribution in [3.05, 3.63) is 22.7 Å². The summed E-state index contributed by atoms with van der Waals surface area (Å²) in [6, 6.07) is 0.289. The summed E-state index contributed by atoms with van der Waals surface area (Å²) < 4.78 is 1.00. The maximum absolute atomic E-state index is 11.6. The van der Waals surface area contributed by atoms with Crippen molar-refractivity contribution in [2.75, 3.05) is 12.3 Å². The highest BCUT2D eigenvalue weighted by molar-refractivity contribution is 5.24. The smallest absolute Gasteiger partial charge is 0.349 e. The summed E-state index contributed by atoms with van der Waals surface area (Å²) in [5.41, 5.74) is 4.60. The van der Waals surface area contributed by atoms with Crippen LogP contribution in [0.2, 0.25) is 0 Å². The van der Waals surface area contributed by atoms with E-state index in [0.29, 0.717) is 0 Å². The Morgan fingerprint density at radius 2 is 1.94 bits per heavy atom. The molecule has 1 aromatic rings. The molecule has 8 heteroatoms. The molecule has 0 saturated heterocycles. The highest BCUT2D eigenvalue weighted by atomic mass is 16.3. The van der Waals surface area contributed by atoms with Crippen molar-refractivity contribution in [1.29, 1.82) is 0 Å². The number of aliphatic hydroxyl groups excluding tert-OH is 4. The molecule has 0 aliphatic heterocycles. The molecule has 0 bridgehead atoms. The quantitative estimate of drug-likeness (QED) is 0.382. The summed E-state index contributed by atoms with van der Waals surface area (Å²) in [7, 11) is 0. The minimum atomic E-state index is -1.36. The third-order valence-corrected chi connectivity index (χ3v) is 3.31. The average molecular weight is 257 g/mol. The average Bonchev–Trinajstić information content (AvgIpc) is 2.52. The predicted molar refractivity (Wildman–Crippen MR) is 60.5 cm³/mol. The van der Waals surface area contributed by atoms with E-state index in [9.17, 15) is 20.1 Å². The van der Waals surface area contributed by atoms with E-state index in [1.807, 2.05) is 0 Å². The molecule has 8 nitrogen and oxygen atoms in total. The Morgan fingerprint density at radius 3 is 2.44 bits per heavy atom. The second-order valence-corrected chi connectivity index (χ2v) is 4.35. The van der Waals surface area contributed by atoms with Gasteiger partial charge in [0, 0.05) is 12.1 Å². The monoisotopic (exact) mass is 257 g/mol. The van der Waals surface area contributed by atoms with Crippen LogP contribution in [0.15, 0.2) is 17.1 Å². The van der Waals surface area contributed by atoms with Crippen molar-refractivity contribution >= 4 is 5.82 Å². The molecule has 0 radical (unpaired) electrons. The van der Waals surface area contributed by atoms with E-state index in [1.165, 1.54) is 12.3 Å². The van der Waals surface area contributed by atoms with Crippen molar-refractivity contribution in [3.63, 3.8) is 0 Å². The largest absolute Gasteiger partial charge is 0.396 e. The van der Waals surface area contributed by atoms with Crippen molar-refractivity contribution in [2.45, 2.75) is 24.4 Å². The van der Waals surface area contributed by atoms with E-state index in [-0.39, 0.29) is 5.82 Å². The van der Waals surface area contributed by atoms with Gasteiger partial charge in [0.15, 0.2) is 0 Å². The lowest BCUT2D eigenvalue weighted by molar-refractivity contribution is -0.00808. The summed E-state index contributed by atoms with van der Waals surface area (Å²) >= 11 is 0. The number of nitrogen functional groups attached to an aromatic ring is 1. The van der Waals surface area contributed by atoms with E-state index >= 15 is 0 Å². The zero-order valence-corrected chi connectivity index (χ0v) is 9.42. The third-order valence-electron chi connectivity index (χ3n) is 3.31. The number of rotatable bonds is 2. The van der Waals surface area contributed by atoms with Gasteiger partial charge in [-0.15, -0.1) is 0 Å². The van der Waals surface area contributed by atoms with Crippen LogP contribution >= 0.6 is 0 Å². The molecule has 1 fully saturated rings. The summed E-state index contributed by atoms with van der Waals surface area (Å²) in [6.07, 6.45) is -2.63. The Labute approximate surface area is 102 Å². The number of anilines is 1. The first-order valence-electron chi connectivity index (χ1n) is 5.47. The highest BCUT2D eigenvalue weighted by Crippen LogP contribution is 2.34.